The Hall–Kier alpha value is -4.00. The van der Waals surface area contributed by atoms with Crippen LogP contribution in [0.2, 0.25) is 0 Å². The maximum atomic E-state index is 14.7. The number of H-pyrrole nitrogens is 1. The van der Waals surface area contributed by atoms with Crippen molar-refractivity contribution in [2.24, 2.45) is 34.8 Å². The maximum Gasteiger partial charge on any atom is 0.380 e. The summed E-state index contributed by atoms with van der Waals surface area (Å²) in [4.78, 5) is 49.5. The molecular weight excluding hydrogens is 663 g/mol. The molecule has 0 amide bonds. The number of anilines is 1. The van der Waals surface area contributed by atoms with Crippen molar-refractivity contribution in [3.63, 3.8) is 0 Å². The summed E-state index contributed by atoms with van der Waals surface area (Å²) in [5.41, 5.74) is 11.5. The lowest BCUT2D eigenvalue weighted by Crippen LogP contribution is -2.38. The number of hydrogen-bond acceptors (Lipinski definition) is 12. The summed E-state index contributed by atoms with van der Waals surface area (Å²) < 4.78 is 40.0. The molecule has 0 bridgehead atoms. The minimum absolute atomic E-state index is 0.0713. The van der Waals surface area contributed by atoms with Crippen LogP contribution in [0.3, 0.4) is 0 Å². The van der Waals surface area contributed by atoms with Crippen molar-refractivity contribution in [2.45, 2.75) is 73.3 Å². The predicted octanol–water partition coefficient (Wildman–Crippen LogP) is 5.39. The van der Waals surface area contributed by atoms with Crippen LogP contribution in [0.5, 0.6) is 5.75 Å². The second-order valence-electron chi connectivity index (χ2n) is 13.9. The molecule has 1 aromatic carbocycles. The maximum absolute atomic E-state index is 14.7. The van der Waals surface area contributed by atoms with Crippen LogP contribution in [-0.2, 0) is 28.2 Å². The van der Waals surface area contributed by atoms with Gasteiger partial charge in [-0.1, -0.05) is 72.6 Å². The van der Waals surface area contributed by atoms with E-state index in [1.165, 1.54) is 6.33 Å². The highest BCUT2D eigenvalue weighted by molar-refractivity contribution is 7.54. The van der Waals surface area contributed by atoms with Crippen LogP contribution in [0.25, 0.3) is 17.4 Å². The Kier molecular flexibility index (Phi) is 13.0. The lowest BCUT2D eigenvalue weighted by Gasteiger charge is -2.27. The average Bonchev–Trinajstić information content (AvgIpc) is 3.60. The molecule has 5 N–H and O–H groups in total. The lowest BCUT2D eigenvalue weighted by atomic mass is 9.99. The van der Waals surface area contributed by atoms with Gasteiger partial charge in [0.15, 0.2) is 11.2 Å². The highest BCUT2D eigenvalue weighted by Crippen LogP contribution is 2.58. The number of benzene rings is 1. The monoisotopic (exact) mass is 714 g/mol. The van der Waals surface area contributed by atoms with E-state index in [-0.39, 0.29) is 60.8 Å². The molecule has 1 fully saturated rings. The minimum atomic E-state index is -4.04. The zero-order chi connectivity index (χ0) is 36.6. The number of nitrogens with one attached hydrogen (secondary N) is 1. The van der Waals surface area contributed by atoms with Crippen LogP contribution in [0.15, 0.2) is 47.0 Å². The molecule has 2 heterocycles. The normalized spacial score (nSPS) is 19.1. The summed E-state index contributed by atoms with van der Waals surface area (Å²) in [6, 6.07) is 7.78. The average molecular weight is 715 g/mol. The number of para-hydroxylation sites is 1. The van der Waals surface area contributed by atoms with Crippen molar-refractivity contribution in [2.75, 3.05) is 31.7 Å². The molecule has 14 nitrogen and oxygen atoms in total. The Morgan fingerprint density at radius 3 is 2.42 bits per heavy atom. The molecule has 50 heavy (non-hydrogen) atoms. The van der Waals surface area contributed by atoms with Crippen molar-refractivity contribution >= 4 is 42.8 Å². The molecule has 15 heteroatoms. The summed E-state index contributed by atoms with van der Waals surface area (Å²) in [6.45, 7) is 11.7. The first-order chi connectivity index (χ1) is 23.7. The van der Waals surface area contributed by atoms with Crippen LogP contribution >= 0.6 is 7.60 Å². The van der Waals surface area contributed by atoms with E-state index < -0.39 is 42.5 Å². The number of aromatic nitrogens is 4. The third kappa shape index (κ3) is 10.0. The number of rotatable bonds is 19. The summed E-state index contributed by atoms with van der Waals surface area (Å²) >= 11 is 0. The zero-order valence-electron chi connectivity index (χ0n) is 29.8. The van der Waals surface area contributed by atoms with E-state index in [1.807, 2.05) is 27.7 Å². The highest BCUT2D eigenvalue weighted by Gasteiger charge is 2.53. The summed E-state index contributed by atoms with van der Waals surface area (Å²) in [5, 5.41) is 0. The third-order valence-corrected chi connectivity index (χ3v) is 10.9. The molecule has 1 saturated carbocycles. The van der Waals surface area contributed by atoms with Gasteiger partial charge in [0, 0.05) is 6.20 Å². The summed E-state index contributed by atoms with van der Waals surface area (Å²) in [5.74, 6) is -1.36. The van der Waals surface area contributed by atoms with Gasteiger partial charge in [-0.3, -0.25) is 28.5 Å². The fourth-order valence-corrected chi connectivity index (χ4v) is 7.48. The number of carbonyl (C=O) groups is 2. The van der Waals surface area contributed by atoms with E-state index in [1.54, 1.807) is 41.1 Å². The number of esters is 2. The van der Waals surface area contributed by atoms with Gasteiger partial charge in [-0.05, 0) is 48.3 Å². The van der Waals surface area contributed by atoms with E-state index >= 15 is 0 Å². The van der Waals surface area contributed by atoms with Gasteiger partial charge in [0.05, 0.1) is 30.7 Å². The fraction of sp³-hybridized carbons (Fsp3) is 0.571. The number of hydrogen-bond donors (Lipinski definition) is 3. The number of aromatic amines is 1. The molecule has 4 atom stereocenters. The molecule has 1 unspecified atom stereocenters. The zero-order valence-corrected chi connectivity index (χ0v) is 30.7. The smallest absolute Gasteiger partial charge is 0.380 e. The van der Waals surface area contributed by atoms with Crippen LogP contribution in [0, 0.1) is 29.1 Å². The standard InChI is InChI=1S/C35H51N6O8P/c1-7-24(8-2)17-46-32(43)25(14-22(3)4)18-50(45,49-27-12-10-9-11-13-27)48-20-35(19-47-33(44)28(36)23(5)6)15-26(35)16-41-21-38-29-30(41)39-34(37)40-31(29)42/h9-13,16,21-25,28H,7-8,14-15,17-20,36H2,1-6H3,(H3,37,39,40,42)/b26-16-/t25-,28+,35?,50+/m1/s1. The van der Waals surface area contributed by atoms with Gasteiger partial charge in [-0.25, -0.2) is 9.55 Å². The first-order valence-electron chi connectivity index (χ1n) is 17.2. The minimum Gasteiger partial charge on any atom is -0.465 e. The Bertz CT molecular complexity index is 1750. The van der Waals surface area contributed by atoms with E-state index in [2.05, 4.69) is 28.8 Å². The SMILES string of the molecule is CCC(CC)COC(=O)[C@H](CC(C)C)C[P@](=O)(OCC1(COC(=O)[C@@H](N)C(C)C)C/C1=C/n1cnc2c(=O)[nH]c(N)nc21)Oc1ccccc1. The quantitative estimate of drug-likeness (QED) is 0.106. The van der Waals surface area contributed by atoms with Gasteiger partial charge in [0.2, 0.25) is 5.95 Å². The van der Waals surface area contributed by atoms with Gasteiger partial charge in [0.25, 0.3) is 5.56 Å². The molecule has 1 aliphatic carbocycles. The Labute approximate surface area is 292 Å². The Balaban J connectivity index is 1.65. The number of fused-ring (bicyclic) bond motifs is 1. The summed E-state index contributed by atoms with van der Waals surface area (Å²) in [7, 11) is -4.04. The molecular formula is C35H51N6O8P. The Morgan fingerprint density at radius 2 is 1.78 bits per heavy atom. The van der Waals surface area contributed by atoms with Crippen LogP contribution in [-0.4, -0.2) is 63.5 Å². The van der Waals surface area contributed by atoms with Gasteiger partial charge >= 0.3 is 19.5 Å². The molecule has 274 valence electrons. The van der Waals surface area contributed by atoms with Crippen LogP contribution < -0.4 is 21.6 Å². The molecule has 2 aromatic heterocycles. The number of ether oxygens (including phenoxy) is 2. The highest BCUT2D eigenvalue weighted by atomic mass is 31.2. The van der Waals surface area contributed by atoms with Crippen molar-refractivity contribution < 1.29 is 32.7 Å². The molecule has 0 saturated heterocycles. The number of nitrogens with two attached hydrogens (primary N) is 2. The Morgan fingerprint density at radius 1 is 1.08 bits per heavy atom. The molecule has 4 rings (SSSR count). The van der Waals surface area contributed by atoms with E-state index in [0.29, 0.717) is 18.6 Å². The number of nitrogens with zero attached hydrogens (tertiary/aromatic N) is 3. The largest absolute Gasteiger partial charge is 0.465 e. The topological polar surface area (TPSA) is 204 Å². The second kappa shape index (κ2) is 16.8. The van der Waals surface area contributed by atoms with Gasteiger partial charge < -0.3 is 25.5 Å². The first kappa shape index (κ1) is 38.8. The van der Waals surface area contributed by atoms with Crippen molar-refractivity contribution in [1.29, 1.82) is 0 Å². The molecule has 3 aromatic rings. The summed E-state index contributed by atoms with van der Waals surface area (Å²) in [6.07, 6.45) is 5.46. The van der Waals surface area contributed by atoms with Crippen LogP contribution in [0.4, 0.5) is 5.95 Å². The predicted molar refractivity (Wildman–Crippen MR) is 191 cm³/mol. The third-order valence-electron chi connectivity index (χ3n) is 8.99. The lowest BCUT2D eigenvalue weighted by molar-refractivity contribution is -0.150. The molecule has 0 spiro atoms. The molecule has 0 aliphatic heterocycles. The number of imidazole rings is 1. The van der Waals surface area contributed by atoms with Crippen molar-refractivity contribution in [3.05, 3.63) is 52.6 Å². The second-order valence-corrected chi connectivity index (χ2v) is 15.9. The van der Waals surface area contributed by atoms with E-state index in [4.69, 9.17) is 30.0 Å². The fourth-order valence-electron chi connectivity index (χ4n) is 5.52. The number of nitrogen functional groups attached to an aromatic ring is 1. The molecule has 1 aliphatic rings. The van der Waals surface area contributed by atoms with Gasteiger partial charge in [0.1, 0.15) is 24.7 Å². The first-order valence-corrected chi connectivity index (χ1v) is 18.9. The molecule has 0 radical (unpaired) electrons. The van der Waals surface area contributed by atoms with Crippen LogP contribution in [0.1, 0.15) is 67.2 Å². The van der Waals surface area contributed by atoms with E-state index in [9.17, 15) is 18.9 Å². The van der Waals surface area contributed by atoms with Gasteiger partial charge in [-0.15, -0.1) is 0 Å². The van der Waals surface area contributed by atoms with Crippen molar-refractivity contribution in [3.8, 4) is 5.75 Å². The van der Waals surface area contributed by atoms with Crippen molar-refractivity contribution in [1.82, 2.24) is 19.5 Å². The van der Waals surface area contributed by atoms with E-state index in [0.717, 1.165) is 18.4 Å². The number of carbonyl (C=O) groups excluding carboxylic acids is 2. The van der Waals surface area contributed by atoms with Gasteiger partial charge in [-0.2, -0.15) is 4.98 Å².